The van der Waals surface area contributed by atoms with E-state index in [9.17, 15) is 5.11 Å². The molecule has 4 heteroatoms. The van der Waals surface area contributed by atoms with E-state index in [4.69, 9.17) is 4.74 Å². The zero-order valence-corrected chi connectivity index (χ0v) is 12.0. The molecule has 0 saturated carbocycles. The van der Waals surface area contributed by atoms with Gasteiger partial charge in [0.15, 0.2) is 0 Å². The Morgan fingerprint density at radius 2 is 1.89 bits per heavy atom. The Bertz CT molecular complexity index is 553. The van der Waals surface area contributed by atoms with Gasteiger partial charge in [0, 0.05) is 11.8 Å². The molecule has 0 radical (unpaired) electrons. The Labute approximate surface area is 121 Å². The molecular weight excluding hydrogens is 262 g/mol. The standard InChI is InChI=1S/C15H17NO2.ClH/c1-4-18-15-10(2)8-12(9-11(15)3)14-13(17)6-5-7-16-14;/h5-9,17H,4H2,1-3H3;1H. The van der Waals surface area contributed by atoms with Crippen LogP contribution >= 0.6 is 0 Å². The molecule has 0 aliphatic heterocycles. The van der Waals surface area contributed by atoms with Crippen molar-refractivity contribution in [2.24, 2.45) is 0 Å². The van der Waals surface area contributed by atoms with Gasteiger partial charge in [0.25, 0.3) is 0 Å². The Morgan fingerprint density at radius 1 is 1.26 bits per heavy atom. The summed E-state index contributed by atoms with van der Waals surface area (Å²) >= 11 is 0. The van der Waals surface area contributed by atoms with Crippen LogP contribution in [0, 0.1) is 13.8 Å². The molecule has 1 N–H and O–H groups in total. The van der Waals surface area contributed by atoms with Crippen LogP contribution in [-0.4, -0.2) is 16.7 Å². The number of benzene rings is 1. The zero-order chi connectivity index (χ0) is 13.1. The van der Waals surface area contributed by atoms with Crippen molar-refractivity contribution < 1.29 is 23.7 Å². The minimum absolute atomic E-state index is 0. The Kier molecular flexibility index (Phi) is 5.19. The van der Waals surface area contributed by atoms with Crippen LogP contribution in [0.1, 0.15) is 19.5 Å². The second kappa shape index (κ2) is 6.43. The first-order valence-corrected chi connectivity index (χ1v) is 6.02. The molecule has 2 rings (SSSR count). The predicted octanol–water partition coefficient (Wildman–Crippen LogP) is 0.586. The molecule has 2 aromatic rings. The van der Waals surface area contributed by atoms with Crippen molar-refractivity contribution in [3.05, 3.63) is 41.6 Å². The summed E-state index contributed by atoms with van der Waals surface area (Å²) < 4.78 is 5.61. The van der Waals surface area contributed by atoms with Gasteiger partial charge in [-0.05, 0) is 56.2 Å². The van der Waals surface area contributed by atoms with E-state index in [1.54, 1.807) is 18.3 Å². The highest BCUT2D eigenvalue weighted by atomic mass is 35.5. The summed E-state index contributed by atoms with van der Waals surface area (Å²) in [6, 6.07) is 7.33. The molecule has 0 aliphatic carbocycles. The van der Waals surface area contributed by atoms with Crippen molar-refractivity contribution in [2.75, 3.05) is 6.61 Å². The third-order valence-corrected chi connectivity index (χ3v) is 2.81. The fourth-order valence-electron chi connectivity index (χ4n) is 2.08. The molecular formula is C15H18ClNO2. The number of ether oxygens (including phenoxy) is 1. The second-order valence-electron chi connectivity index (χ2n) is 4.24. The van der Waals surface area contributed by atoms with E-state index < -0.39 is 0 Å². The fraction of sp³-hybridized carbons (Fsp3) is 0.267. The van der Waals surface area contributed by atoms with Gasteiger partial charge in [0.05, 0.1) is 6.61 Å². The van der Waals surface area contributed by atoms with Crippen molar-refractivity contribution in [3.63, 3.8) is 0 Å². The van der Waals surface area contributed by atoms with Crippen molar-refractivity contribution in [1.29, 1.82) is 0 Å². The van der Waals surface area contributed by atoms with Crippen molar-refractivity contribution in [3.8, 4) is 22.8 Å². The normalized spacial score (nSPS) is 9.84. The average molecular weight is 280 g/mol. The number of aryl methyl sites for hydroxylation is 2. The largest absolute Gasteiger partial charge is 1.00 e. The van der Waals surface area contributed by atoms with Crippen LogP contribution < -0.4 is 17.1 Å². The number of rotatable bonds is 3. The van der Waals surface area contributed by atoms with Gasteiger partial charge < -0.3 is 22.3 Å². The molecule has 0 spiro atoms. The first-order valence-electron chi connectivity index (χ1n) is 6.02. The summed E-state index contributed by atoms with van der Waals surface area (Å²) in [4.78, 5) is 4.22. The fourth-order valence-corrected chi connectivity index (χ4v) is 2.08. The van der Waals surface area contributed by atoms with Crippen molar-refractivity contribution in [2.45, 2.75) is 20.8 Å². The number of pyridine rings is 1. The van der Waals surface area contributed by atoms with Crippen molar-refractivity contribution >= 4 is 0 Å². The summed E-state index contributed by atoms with van der Waals surface area (Å²) in [6.07, 6.45) is 1.68. The summed E-state index contributed by atoms with van der Waals surface area (Å²) in [5.41, 5.74) is 3.62. The third-order valence-electron chi connectivity index (χ3n) is 2.81. The van der Waals surface area contributed by atoms with Gasteiger partial charge in [-0.1, -0.05) is 0 Å². The number of hydrogen-bond acceptors (Lipinski definition) is 3. The highest BCUT2D eigenvalue weighted by Gasteiger charge is 2.10. The maximum absolute atomic E-state index is 9.82. The average Bonchev–Trinajstić information content (AvgIpc) is 2.34. The van der Waals surface area contributed by atoms with E-state index >= 15 is 0 Å². The number of nitrogens with zero attached hydrogens (tertiary/aromatic N) is 1. The van der Waals surface area contributed by atoms with Gasteiger partial charge in [-0.2, -0.15) is 0 Å². The minimum atomic E-state index is 0. The van der Waals surface area contributed by atoms with E-state index in [0.29, 0.717) is 12.3 Å². The highest BCUT2D eigenvalue weighted by molar-refractivity contribution is 5.68. The second-order valence-corrected chi connectivity index (χ2v) is 4.24. The topological polar surface area (TPSA) is 42.4 Å². The maximum atomic E-state index is 9.82. The van der Waals surface area contributed by atoms with E-state index in [2.05, 4.69) is 4.98 Å². The Hall–Kier alpha value is -1.74. The van der Waals surface area contributed by atoms with Crippen LogP contribution in [0.25, 0.3) is 11.3 Å². The van der Waals surface area contributed by atoms with Gasteiger partial charge >= 0.3 is 1.43 Å². The van der Waals surface area contributed by atoms with E-state index in [-0.39, 0.29) is 19.6 Å². The number of hydrogen-bond donors (Lipinski definition) is 1. The van der Waals surface area contributed by atoms with Gasteiger partial charge in [0.2, 0.25) is 0 Å². The number of halogens is 1. The SMILES string of the molecule is CCOc1c(C)cc(-c2ncccc2O)cc1C.[Cl-].[H+]. The molecule has 0 atom stereocenters. The van der Waals surface area contributed by atoms with Gasteiger partial charge in [0.1, 0.15) is 17.2 Å². The van der Waals surface area contributed by atoms with Crippen LogP contribution in [0.2, 0.25) is 0 Å². The molecule has 0 aliphatic rings. The molecule has 19 heavy (non-hydrogen) atoms. The molecule has 102 valence electrons. The van der Waals surface area contributed by atoms with Gasteiger partial charge in [-0.25, -0.2) is 0 Å². The molecule has 0 bridgehead atoms. The molecule has 1 aromatic carbocycles. The molecule has 1 aromatic heterocycles. The van der Waals surface area contributed by atoms with E-state index in [1.807, 2.05) is 32.9 Å². The third kappa shape index (κ3) is 3.18. The van der Waals surface area contributed by atoms with Crippen LogP contribution in [0.4, 0.5) is 0 Å². The lowest BCUT2D eigenvalue weighted by Gasteiger charge is -2.13. The molecule has 0 unspecified atom stereocenters. The van der Waals surface area contributed by atoms with Crippen LogP contribution in [-0.2, 0) is 0 Å². The quantitative estimate of drug-likeness (QED) is 0.894. The van der Waals surface area contributed by atoms with Gasteiger partial charge in [-0.3, -0.25) is 4.98 Å². The zero-order valence-electron chi connectivity index (χ0n) is 12.3. The van der Waals surface area contributed by atoms with E-state index in [1.165, 1.54) is 0 Å². The Balaban J connectivity index is 0.00000180. The van der Waals surface area contributed by atoms with Crippen LogP contribution in [0.3, 0.4) is 0 Å². The monoisotopic (exact) mass is 279 g/mol. The first-order chi connectivity index (χ1) is 8.63. The molecule has 1 heterocycles. The minimum Gasteiger partial charge on any atom is -1.00 e. The van der Waals surface area contributed by atoms with E-state index in [0.717, 1.165) is 22.4 Å². The molecule has 3 nitrogen and oxygen atoms in total. The van der Waals surface area contributed by atoms with Crippen LogP contribution in [0.5, 0.6) is 11.5 Å². The Morgan fingerprint density at radius 3 is 2.42 bits per heavy atom. The molecule has 0 amide bonds. The highest BCUT2D eigenvalue weighted by Crippen LogP contribution is 2.32. The summed E-state index contributed by atoms with van der Waals surface area (Å²) in [5.74, 6) is 1.11. The van der Waals surface area contributed by atoms with Crippen molar-refractivity contribution in [1.82, 2.24) is 4.98 Å². The summed E-state index contributed by atoms with van der Waals surface area (Å²) in [6.45, 7) is 6.62. The predicted molar refractivity (Wildman–Crippen MR) is 73.1 cm³/mol. The smallest absolute Gasteiger partial charge is 1.00 e. The molecule has 0 saturated heterocycles. The lowest BCUT2D eigenvalue weighted by atomic mass is 10.0. The summed E-state index contributed by atoms with van der Waals surface area (Å²) in [5, 5.41) is 9.82. The maximum Gasteiger partial charge on any atom is 1.00 e. The first kappa shape index (κ1) is 15.3. The van der Waals surface area contributed by atoms with Gasteiger partial charge in [-0.15, -0.1) is 0 Å². The summed E-state index contributed by atoms with van der Waals surface area (Å²) in [7, 11) is 0. The number of aromatic hydroxyl groups is 1. The lowest BCUT2D eigenvalue weighted by Crippen LogP contribution is -3.00. The van der Waals surface area contributed by atoms with Crippen LogP contribution in [0.15, 0.2) is 30.5 Å². The number of aromatic nitrogens is 1. The lowest BCUT2D eigenvalue weighted by molar-refractivity contribution is -0.00000529. The molecule has 0 fully saturated rings.